The van der Waals surface area contributed by atoms with Crippen molar-refractivity contribution in [3.63, 3.8) is 0 Å². The molecule has 0 aliphatic carbocycles. The first-order chi connectivity index (χ1) is 17.3. The van der Waals surface area contributed by atoms with Crippen LogP contribution in [0.15, 0.2) is 59.5 Å². The van der Waals surface area contributed by atoms with Crippen LogP contribution in [0.3, 0.4) is 0 Å². The smallest absolute Gasteiger partial charge is 0.305 e. The molecule has 1 aromatic heterocycles. The number of carboxylic acid groups (broad SMARTS) is 1. The van der Waals surface area contributed by atoms with Gasteiger partial charge in [0.25, 0.3) is 5.91 Å². The standard InChI is InChI=1S/C22H30FN3O4.C6H6/c1-4-7-9-24-18-12-19-15(11-17(18)23)21(29)16(13-26(19)14(5-2)6-3)22(30)25-10-8-20(27)28;1-2-4-6-5-3-1/h11-14,24H,4-10H2,1-3H3,(H,25,30)(H,27,28);1-6H. The maximum absolute atomic E-state index is 14.7. The number of nitrogens with zero attached hydrogens (tertiary/aromatic N) is 1. The molecular formula is C28H36FN3O4. The average molecular weight is 498 g/mol. The average Bonchev–Trinajstić information content (AvgIpc) is 2.88. The van der Waals surface area contributed by atoms with Crippen molar-refractivity contribution in [3.8, 4) is 0 Å². The number of fused-ring (bicyclic) bond motifs is 1. The SMILES string of the molecule is CCCCNc1cc2c(cc1F)c(=O)c(C(=O)NCCC(=O)O)cn2C(CC)CC.c1ccccc1. The first-order valence-electron chi connectivity index (χ1n) is 12.5. The summed E-state index contributed by atoms with van der Waals surface area (Å²) in [6.45, 7) is 6.60. The molecule has 0 atom stereocenters. The molecule has 1 amide bonds. The van der Waals surface area contributed by atoms with Gasteiger partial charge in [0.15, 0.2) is 0 Å². The number of carbonyl (C=O) groups is 2. The van der Waals surface area contributed by atoms with Gasteiger partial charge < -0.3 is 20.3 Å². The molecule has 0 radical (unpaired) electrons. The lowest BCUT2D eigenvalue weighted by molar-refractivity contribution is -0.136. The van der Waals surface area contributed by atoms with Crippen LogP contribution in [0.5, 0.6) is 0 Å². The van der Waals surface area contributed by atoms with Gasteiger partial charge in [0, 0.05) is 30.7 Å². The van der Waals surface area contributed by atoms with Crippen LogP contribution in [0.1, 0.15) is 69.3 Å². The number of rotatable bonds is 11. The lowest BCUT2D eigenvalue weighted by Crippen LogP contribution is -2.32. The molecule has 2 aromatic carbocycles. The van der Waals surface area contributed by atoms with Crippen LogP contribution in [-0.2, 0) is 4.79 Å². The summed E-state index contributed by atoms with van der Waals surface area (Å²) in [5, 5.41) is 14.4. The minimum atomic E-state index is -1.05. The third kappa shape index (κ3) is 7.93. The zero-order valence-electron chi connectivity index (χ0n) is 21.2. The van der Waals surface area contributed by atoms with E-state index in [1.54, 1.807) is 6.07 Å². The molecule has 0 spiro atoms. The van der Waals surface area contributed by atoms with Crippen LogP contribution in [0.2, 0.25) is 0 Å². The fourth-order valence-electron chi connectivity index (χ4n) is 3.81. The van der Waals surface area contributed by atoms with Gasteiger partial charge in [-0.05, 0) is 31.4 Å². The van der Waals surface area contributed by atoms with Gasteiger partial charge in [-0.15, -0.1) is 0 Å². The van der Waals surface area contributed by atoms with Gasteiger partial charge in [0.05, 0.1) is 17.6 Å². The zero-order chi connectivity index (χ0) is 26.5. The molecular weight excluding hydrogens is 461 g/mol. The number of aliphatic carboxylic acids is 1. The van der Waals surface area contributed by atoms with Crippen molar-refractivity contribution in [2.45, 2.75) is 58.9 Å². The Morgan fingerprint density at radius 1 is 1.00 bits per heavy atom. The Bertz CT molecular complexity index is 1160. The molecule has 0 saturated carbocycles. The lowest BCUT2D eigenvalue weighted by Gasteiger charge is -2.22. The number of aromatic nitrogens is 1. The lowest BCUT2D eigenvalue weighted by atomic mass is 10.1. The number of nitrogens with one attached hydrogen (secondary N) is 2. The minimum Gasteiger partial charge on any atom is -0.481 e. The molecule has 194 valence electrons. The number of benzene rings is 2. The summed E-state index contributed by atoms with van der Waals surface area (Å²) >= 11 is 0. The molecule has 8 heteroatoms. The molecule has 0 bridgehead atoms. The van der Waals surface area contributed by atoms with E-state index < -0.39 is 23.1 Å². The van der Waals surface area contributed by atoms with Crippen molar-refractivity contribution in [3.05, 3.63) is 76.3 Å². The Morgan fingerprint density at radius 2 is 1.61 bits per heavy atom. The summed E-state index contributed by atoms with van der Waals surface area (Å²) in [5.74, 6) is -2.25. The van der Waals surface area contributed by atoms with E-state index in [1.807, 2.05) is 61.7 Å². The van der Waals surface area contributed by atoms with Gasteiger partial charge in [0.2, 0.25) is 5.43 Å². The largest absolute Gasteiger partial charge is 0.481 e. The molecule has 36 heavy (non-hydrogen) atoms. The second kappa shape index (κ2) is 14.7. The van der Waals surface area contributed by atoms with Crippen molar-refractivity contribution >= 4 is 28.5 Å². The number of amides is 1. The molecule has 3 aromatic rings. The fraction of sp³-hybridized carbons (Fsp3) is 0.393. The molecule has 0 unspecified atom stereocenters. The predicted octanol–water partition coefficient (Wildman–Crippen LogP) is 5.60. The normalized spacial score (nSPS) is 10.6. The maximum Gasteiger partial charge on any atom is 0.305 e. The third-order valence-corrected chi connectivity index (χ3v) is 5.84. The van der Waals surface area contributed by atoms with Gasteiger partial charge in [-0.2, -0.15) is 0 Å². The van der Waals surface area contributed by atoms with Crippen LogP contribution in [0.4, 0.5) is 10.1 Å². The fourth-order valence-corrected chi connectivity index (χ4v) is 3.81. The van der Waals surface area contributed by atoms with Crippen LogP contribution in [0, 0.1) is 5.82 Å². The quantitative estimate of drug-likeness (QED) is 0.299. The number of hydrogen-bond donors (Lipinski definition) is 3. The number of carbonyl (C=O) groups excluding carboxylic acids is 1. The van der Waals surface area contributed by atoms with E-state index in [1.165, 1.54) is 12.3 Å². The first kappa shape index (κ1) is 28.6. The van der Waals surface area contributed by atoms with E-state index in [2.05, 4.69) is 10.6 Å². The number of carboxylic acids is 1. The van der Waals surface area contributed by atoms with Crippen molar-refractivity contribution in [2.24, 2.45) is 0 Å². The van der Waals surface area contributed by atoms with Crippen molar-refractivity contribution in [1.29, 1.82) is 0 Å². The summed E-state index contributed by atoms with van der Waals surface area (Å²) in [4.78, 5) is 36.2. The monoisotopic (exact) mass is 497 g/mol. The molecule has 3 rings (SSSR count). The second-order valence-corrected chi connectivity index (χ2v) is 8.43. The van der Waals surface area contributed by atoms with E-state index in [4.69, 9.17) is 5.11 Å². The topological polar surface area (TPSA) is 100 Å². The first-order valence-corrected chi connectivity index (χ1v) is 12.5. The number of unbranched alkanes of at least 4 members (excludes halogenated alkanes) is 1. The highest BCUT2D eigenvalue weighted by atomic mass is 19.1. The zero-order valence-corrected chi connectivity index (χ0v) is 21.2. The predicted molar refractivity (Wildman–Crippen MR) is 142 cm³/mol. The second-order valence-electron chi connectivity index (χ2n) is 8.43. The Balaban J connectivity index is 0.000000662. The Kier molecular flexibility index (Phi) is 11.6. The summed E-state index contributed by atoms with van der Waals surface area (Å²) in [5.41, 5.74) is 0.204. The molecule has 0 aliphatic rings. The number of pyridine rings is 1. The van der Waals surface area contributed by atoms with Crippen LogP contribution >= 0.6 is 0 Å². The van der Waals surface area contributed by atoms with Crippen LogP contribution in [0.25, 0.3) is 10.9 Å². The summed E-state index contributed by atoms with van der Waals surface area (Å²) in [7, 11) is 0. The van der Waals surface area contributed by atoms with Crippen LogP contribution < -0.4 is 16.1 Å². The molecule has 0 aliphatic heterocycles. The number of hydrogen-bond acceptors (Lipinski definition) is 4. The van der Waals surface area contributed by atoms with Gasteiger partial charge in [0.1, 0.15) is 11.4 Å². The molecule has 3 N–H and O–H groups in total. The molecule has 0 fully saturated rings. The van der Waals surface area contributed by atoms with E-state index in [0.29, 0.717) is 17.7 Å². The third-order valence-electron chi connectivity index (χ3n) is 5.84. The van der Waals surface area contributed by atoms with E-state index in [0.717, 1.165) is 25.7 Å². The molecule has 7 nitrogen and oxygen atoms in total. The van der Waals surface area contributed by atoms with Gasteiger partial charge in [-0.3, -0.25) is 14.4 Å². The van der Waals surface area contributed by atoms with Crippen molar-refractivity contribution < 1.29 is 19.1 Å². The Hall–Kier alpha value is -3.68. The van der Waals surface area contributed by atoms with E-state index >= 15 is 0 Å². The Labute approximate surface area is 211 Å². The highest BCUT2D eigenvalue weighted by molar-refractivity contribution is 5.98. The summed E-state index contributed by atoms with van der Waals surface area (Å²) in [6.07, 6.45) is 4.66. The van der Waals surface area contributed by atoms with Crippen LogP contribution in [-0.4, -0.2) is 34.6 Å². The van der Waals surface area contributed by atoms with Gasteiger partial charge >= 0.3 is 5.97 Å². The highest BCUT2D eigenvalue weighted by Crippen LogP contribution is 2.26. The number of anilines is 1. The molecule has 1 heterocycles. The van der Waals surface area contributed by atoms with Crippen molar-refractivity contribution in [2.75, 3.05) is 18.4 Å². The van der Waals surface area contributed by atoms with Gasteiger partial charge in [-0.25, -0.2) is 4.39 Å². The van der Waals surface area contributed by atoms with E-state index in [-0.39, 0.29) is 30.0 Å². The van der Waals surface area contributed by atoms with Crippen molar-refractivity contribution in [1.82, 2.24) is 9.88 Å². The summed E-state index contributed by atoms with van der Waals surface area (Å²) in [6, 6.07) is 14.8. The Morgan fingerprint density at radius 3 is 2.14 bits per heavy atom. The van der Waals surface area contributed by atoms with E-state index in [9.17, 15) is 18.8 Å². The number of halogens is 1. The summed E-state index contributed by atoms with van der Waals surface area (Å²) < 4.78 is 16.5. The van der Waals surface area contributed by atoms with Gasteiger partial charge in [-0.1, -0.05) is 63.6 Å². The molecule has 0 saturated heterocycles. The highest BCUT2D eigenvalue weighted by Gasteiger charge is 2.20. The minimum absolute atomic E-state index is 0.0209. The maximum atomic E-state index is 14.7.